The summed E-state index contributed by atoms with van der Waals surface area (Å²) in [6.45, 7) is 4.41. The van der Waals surface area contributed by atoms with Gasteiger partial charge in [0.15, 0.2) is 22.4 Å². The first kappa shape index (κ1) is 24.5. The Balaban J connectivity index is 1.49. The third-order valence-electron chi connectivity index (χ3n) is 5.16. The maximum Gasteiger partial charge on any atom is 0.270 e. The molecule has 0 aliphatic carbocycles. The van der Waals surface area contributed by atoms with E-state index in [0.717, 1.165) is 5.56 Å². The van der Waals surface area contributed by atoms with E-state index in [2.05, 4.69) is 0 Å². The molecular weight excluding hydrogens is 496 g/mol. The second-order valence-electron chi connectivity index (χ2n) is 7.41. The van der Waals surface area contributed by atoms with E-state index in [-0.39, 0.29) is 18.4 Å². The van der Waals surface area contributed by atoms with Crippen molar-refractivity contribution in [3.8, 4) is 11.5 Å². The third kappa shape index (κ3) is 5.72. The largest absolute Gasteiger partial charge is 0.490 e. The van der Waals surface area contributed by atoms with E-state index in [1.807, 2.05) is 13.0 Å². The number of amides is 2. The van der Waals surface area contributed by atoms with Crippen molar-refractivity contribution in [3.05, 3.63) is 58.0 Å². The molecule has 2 fully saturated rings. The molecule has 7 nitrogen and oxygen atoms in total. The smallest absolute Gasteiger partial charge is 0.270 e. The molecule has 2 aromatic rings. The number of thiocarbonyl (C=S) groups is 1. The molecule has 2 aromatic carbocycles. The van der Waals surface area contributed by atoms with Gasteiger partial charge in [-0.2, -0.15) is 0 Å². The van der Waals surface area contributed by atoms with Crippen LogP contribution in [0.5, 0.6) is 11.5 Å². The van der Waals surface area contributed by atoms with Gasteiger partial charge in [-0.3, -0.25) is 14.5 Å². The lowest BCUT2D eigenvalue weighted by Crippen LogP contribution is -2.43. The minimum absolute atomic E-state index is 0.0842. The van der Waals surface area contributed by atoms with Gasteiger partial charge >= 0.3 is 0 Å². The third-order valence-corrected chi connectivity index (χ3v) is 6.71. The van der Waals surface area contributed by atoms with E-state index in [0.29, 0.717) is 64.3 Å². The van der Waals surface area contributed by atoms with Gasteiger partial charge in [0.1, 0.15) is 0 Å². The Bertz CT molecular complexity index is 1120. The van der Waals surface area contributed by atoms with Crippen LogP contribution in [-0.4, -0.2) is 60.6 Å². The first-order valence-corrected chi connectivity index (χ1v) is 12.3. The molecule has 34 heavy (non-hydrogen) atoms. The van der Waals surface area contributed by atoms with Crippen LogP contribution < -0.4 is 14.4 Å². The van der Waals surface area contributed by atoms with Gasteiger partial charge in [-0.05, 0) is 55.0 Å². The van der Waals surface area contributed by atoms with E-state index >= 15 is 0 Å². The van der Waals surface area contributed by atoms with Crippen LogP contribution in [0.15, 0.2) is 47.4 Å². The number of anilines is 1. The highest BCUT2D eigenvalue weighted by Crippen LogP contribution is 2.37. The van der Waals surface area contributed by atoms with Crippen LogP contribution in [0.2, 0.25) is 5.02 Å². The molecule has 2 aliphatic heterocycles. The molecule has 4 rings (SSSR count). The van der Waals surface area contributed by atoms with Gasteiger partial charge in [0.25, 0.3) is 11.8 Å². The molecule has 2 amide bonds. The van der Waals surface area contributed by atoms with Crippen molar-refractivity contribution in [1.82, 2.24) is 4.90 Å². The van der Waals surface area contributed by atoms with Crippen LogP contribution in [0.3, 0.4) is 0 Å². The number of benzene rings is 2. The predicted octanol–water partition coefficient (Wildman–Crippen LogP) is 4.38. The Morgan fingerprint density at radius 3 is 2.59 bits per heavy atom. The normalized spacial score (nSPS) is 17.4. The number of carbonyl (C=O) groups is 2. The van der Waals surface area contributed by atoms with Crippen LogP contribution >= 0.6 is 35.6 Å². The van der Waals surface area contributed by atoms with E-state index < -0.39 is 0 Å². The Kier molecular flexibility index (Phi) is 8.10. The second kappa shape index (κ2) is 11.2. The van der Waals surface area contributed by atoms with E-state index in [9.17, 15) is 9.59 Å². The SMILES string of the molecule is CCOc1cc(/C=C2/SC(=S)N(c3ccc(Cl)cc3)C2=O)ccc1OCC(=O)N1CCOCC1. The average Bonchev–Trinajstić information content (AvgIpc) is 3.12. The van der Waals surface area contributed by atoms with Crippen molar-refractivity contribution in [2.24, 2.45) is 0 Å². The lowest BCUT2D eigenvalue weighted by Gasteiger charge is -2.26. The number of halogens is 1. The van der Waals surface area contributed by atoms with Crippen LogP contribution in [0.25, 0.3) is 6.08 Å². The number of rotatable bonds is 7. The summed E-state index contributed by atoms with van der Waals surface area (Å²) in [5, 5.41) is 0.585. The summed E-state index contributed by atoms with van der Waals surface area (Å²) in [7, 11) is 0. The summed E-state index contributed by atoms with van der Waals surface area (Å²) < 4.78 is 17.2. The lowest BCUT2D eigenvalue weighted by molar-refractivity contribution is -0.137. The summed E-state index contributed by atoms with van der Waals surface area (Å²) >= 11 is 12.6. The van der Waals surface area contributed by atoms with Gasteiger partial charge in [-0.25, -0.2) is 0 Å². The van der Waals surface area contributed by atoms with E-state index in [1.54, 1.807) is 47.4 Å². The lowest BCUT2D eigenvalue weighted by atomic mass is 10.1. The van der Waals surface area contributed by atoms with Gasteiger partial charge in [-0.1, -0.05) is 41.6 Å². The molecule has 0 bridgehead atoms. The Morgan fingerprint density at radius 2 is 1.88 bits per heavy atom. The summed E-state index contributed by atoms with van der Waals surface area (Å²) in [6, 6.07) is 12.3. The van der Waals surface area contributed by atoms with Crippen LogP contribution in [0.4, 0.5) is 5.69 Å². The number of thioether (sulfide) groups is 1. The summed E-state index contributed by atoms with van der Waals surface area (Å²) in [5.41, 5.74) is 1.42. The minimum Gasteiger partial charge on any atom is -0.490 e. The number of ether oxygens (including phenoxy) is 3. The maximum absolute atomic E-state index is 13.0. The summed E-state index contributed by atoms with van der Waals surface area (Å²) in [5.74, 6) is 0.668. The van der Waals surface area contributed by atoms with Crippen LogP contribution in [0, 0.1) is 0 Å². The van der Waals surface area contributed by atoms with Crippen LogP contribution in [-0.2, 0) is 14.3 Å². The summed E-state index contributed by atoms with van der Waals surface area (Å²) in [4.78, 5) is 29.1. The fourth-order valence-corrected chi connectivity index (χ4v) is 4.90. The molecule has 0 aromatic heterocycles. The van der Waals surface area contributed by atoms with Crippen molar-refractivity contribution in [2.75, 3.05) is 44.4 Å². The molecule has 2 aliphatic rings. The fourth-order valence-electron chi connectivity index (χ4n) is 3.48. The van der Waals surface area contributed by atoms with Gasteiger partial charge in [0.2, 0.25) is 0 Å². The number of carbonyl (C=O) groups excluding carboxylic acids is 2. The number of morpholine rings is 1. The molecular formula is C24H23ClN2O5S2. The Labute approximate surface area is 212 Å². The first-order valence-electron chi connectivity index (χ1n) is 10.7. The average molecular weight is 519 g/mol. The molecule has 2 heterocycles. The highest BCUT2D eigenvalue weighted by atomic mass is 35.5. The molecule has 2 saturated heterocycles. The monoisotopic (exact) mass is 518 g/mol. The topological polar surface area (TPSA) is 68.3 Å². The zero-order valence-corrected chi connectivity index (χ0v) is 20.9. The minimum atomic E-state index is -0.202. The highest BCUT2D eigenvalue weighted by molar-refractivity contribution is 8.27. The highest BCUT2D eigenvalue weighted by Gasteiger charge is 2.33. The molecule has 0 atom stereocenters. The van der Waals surface area contributed by atoms with Crippen molar-refractivity contribution in [3.63, 3.8) is 0 Å². The fraction of sp³-hybridized carbons (Fsp3) is 0.292. The quantitative estimate of drug-likeness (QED) is 0.398. The molecule has 0 spiro atoms. The Morgan fingerprint density at radius 1 is 1.15 bits per heavy atom. The molecule has 178 valence electrons. The standard InChI is InChI=1S/C24H23ClN2O5S2/c1-2-31-20-13-16(3-8-19(20)32-15-22(28)26-9-11-30-12-10-26)14-21-23(29)27(24(33)34-21)18-6-4-17(25)5-7-18/h3-8,13-14H,2,9-12,15H2,1H3/b21-14+. The zero-order chi connectivity index (χ0) is 24.1. The molecule has 0 N–H and O–H groups in total. The molecule has 0 unspecified atom stereocenters. The predicted molar refractivity (Wildman–Crippen MR) is 138 cm³/mol. The van der Waals surface area contributed by atoms with Gasteiger partial charge in [-0.15, -0.1) is 0 Å². The maximum atomic E-state index is 13.0. The van der Waals surface area contributed by atoms with Gasteiger partial charge < -0.3 is 19.1 Å². The van der Waals surface area contributed by atoms with Gasteiger partial charge in [0, 0.05) is 18.1 Å². The second-order valence-corrected chi connectivity index (χ2v) is 9.53. The number of nitrogens with zero attached hydrogens (tertiary/aromatic N) is 2. The van der Waals surface area contributed by atoms with Crippen LogP contribution in [0.1, 0.15) is 12.5 Å². The molecule has 0 radical (unpaired) electrons. The molecule has 0 saturated carbocycles. The van der Waals surface area contributed by atoms with Crippen molar-refractivity contribution in [1.29, 1.82) is 0 Å². The van der Waals surface area contributed by atoms with E-state index in [1.165, 1.54) is 16.7 Å². The first-order chi connectivity index (χ1) is 16.5. The Hall–Kier alpha value is -2.59. The van der Waals surface area contributed by atoms with Gasteiger partial charge in [0.05, 0.1) is 30.4 Å². The van der Waals surface area contributed by atoms with E-state index in [4.69, 9.17) is 38.0 Å². The molecule has 10 heteroatoms. The number of hydrogen-bond donors (Lipinski definition) is 0. The summed E-state index contributed by atoms with van der Waals surface area (Å²) in [6.07, 6.45) is 1.76. The van der Waals surface area contributed by atoms with Crippen molar-refractivity contribution < 1.29 is 23.8 Å². The zero-order valence-electron chi connectivity index (χ0n) is 18.5. The van der Waals surface area contributed by atoms with Crippen molar-refractivity contribution >= 4 is 63.5 Å². The number of hydrogen-bond acceptors (Lipinski definition) is 7. The van der Waals surface area contributed by atoms with Crippen molar-refractivity contribution in [2.45, 2.75) is 6.92 Å².